The molecule has 0 bridgehead atoms. The summed E-state index contributed by atoms with van der Waals surface area (Å²) in [5.41, 5.74) is 3.43. The number of aromatic nitrogens is 1. The number of para-hydroxylation sites is 1. The maximum Gasteiger partial charge on any atom is 0.174 e. The standard InChI is InChI=1S/C20H18ClN3S/c21-16-10-8-15(9-11-16)19-18-7-4-12-23(18)13-14-24(19)20(25)22-17-5-2-1-3-6-17/h1-12,19H,13-14H2,(H,22,25)/t19-/m0/s1. The Labute approximate surface area is 157 Å². The summed E-state index contributed by atoms with van der Waals surface area (Å²) >= 11 is 11.8. The van der Waals surface area contributed by atoms with Crippen molar-refractivity contribution in [3.05, 3.63) is 89.2 Å². The SMILES string of the molecule is S=C(Nc1ccccc1)N1CCn2cccc2[C@@H]1c1ccc(Cl)cc1. The molecule has 5 heteroatoms. The average Bonchev–Trinajstić information content (AvgIpc) is 3.11. The van der Waals surface area contributed by atoms with Crippen LogP contribution in [0.2, 0.25) is 5.02 Å². The zero-order chi connectivity index (χ0) is 17.2. The lowest BCUT2D eigenvalue weighted by atomic mass is 10.0. The molecule has 0 spiro atoms. The molecule has 0 amide bonds. The lowest BCUT2D eigenvalue weighted by Gasteiger charge is -2.39. The summed E-state index contributed by atoms with van der Waals surface area (Å²) in [6.07, 6.45) is 2.13. The van der Waals surface area contributed by atoms with Gasteiger partial charge in [0.05, 0.1) is 6.04 Å². The topological polar surface area (TPSA) is 20.2 Å². The molecule has 3 aromatic rings. The average molecular weight is 368 g/mol. The van der Waals surface area contributed by atoms with Gasteiger partial charge in [0.25, 0.3) is 0 Å². The van der Waals surface area contributed by atoms with Crippen LogP contribution < -0.4 is 5.32 Å². The van der Waals surface area contributed by atoms with Crippen molar-refractivity contribution in [2.45, 2.75) is 12.6 Å². The lowest BCUT2D eigenvalue weighted by molar-refractivity contribution is 0.293. The molecule has 0 saturated carbocycles. The monoisotopic (exact) mass is 367 g/mol. The number of nitrogens with zero attached hydrogens (tertiary/aromatic N) is 2. The van der Waals surface area contributed by atoms with Crippen LogP contribution in [-0.2, 0) is 6.54 Å². The Morgan fingerprint density at radius 3 is 2.48 bits per heavy atom. The number of thiocarbonyl (C=S) groups is 1. The van der Waals surface area contributed by atoms with E-state index in [1.54, 1.807) is 0 Å². The zero-order valence-electron chi connectivity index (χ0n) is 13.6. The van der Waals surface area contributed by atoms with E-state index in [-0.39, 0.29) is 6.04 Å². The molecule has 1 aromatic heterocycles. The largest absolute Gasteiger partial charge is 0.348 e. The predicted octanol–water partition coefficient (Wildman–Crippen LogP) is 4.94. The van der Waals surface area contributed by atoms with Crippen molar-refractivity contribution in [2.75, 3.05) is 11.9 Å². The van der Waals surface area contributed by atoms with Crippen LogP contribution in [-0.4, -0.2) is 21.1 Å². The molecule has 0 unspecified atom stereocenters. The molecule has 0 saturated heterocycles. The van der Waals surface area contributed by atoms with Gasteiger partial charge in [-0.2, -0.15) is 0 Å². The fourth-order valence-electron chi connectivity index (χ4n) is 3.31. The van der Waals surface area contributed by atoms with E-state index in [0.29, 0.717) is 0 Å². The van der Waals surface area contributed by atoms with Gasteiger partial charge in [-0.05, 0) is 54.2 Å². The van der Waals surface area contributed by atoms with Crippen molar-refractivity contribution in [1.29, 1.82) is 0 Å². The van der Waals surface area contributed by atoms with Gasteiger partial charge in [-0.25, -0.2) is 0 Å². The van der Waals surface area contributed by atoms with Gasteiger partial charge in [0.2, 0.25) is 0 Å². The molecule has 0 aliphatic carbocycles. The van der Waals surface area contributed by atoms with Crippen LogP contribution in [0.5, 0.6) is 0 Å². The molecule has 1 aliphatic heterocycles. The van der Waals surface area contributed by atoms with Crippen molar-refractivity contribution in [1.82, 2.24) is 9.47 Å². The minimum absolute atomic E-state index is 0.0738. The second-order valence-corrected chi connectivity index (χ2v) is 6.89. The summed E-state index contributed by atoms with van der Waals surface area (Å²) in [5, 5.41) is 4.84. The minimum atomic E-state index is 0.0738. The highest BCUT2D eigenvalue weighted by Gasteiger charge is 2.30. The van der Waals surface area contributed by atoms with Crippen molar-refractivity contribution in [3.63, 3.8) is 0 Å². The van der Waals surface area contributed by atoms with Crippen molar-refractivity contribution in [3.8, 4) is 0 Å². The van der Waals surface area contributed by atoms with E-state index in [1.807, 2.05) is 42.5 Å². The molecular formula is C20H18ClN3S. The molecule has 1 aliphatic rings. The van der Waals surface area contributed by atoms with Crippen LogP contribution in [0.4, 0.5) is 5.69 Å². The first-order valence-electron chi connectivity index (χ1n) is 8.25. The third kappa shape index (κ3) is 3.28. The number of halogens is 1. The van der Waals surface area contributed by atoms with Gasteiger partial charge in [0.1, 0.15) is 0 Å². The van der Waals surface area contributed by atoms with Crippen LogP contribution >= 0.6 is 23.8 Å². The van der Waals surface area contributed by atoms with Gasteiger partial charge in [0, 0.05) is 35.7 Å². The first-order chi connectivity index (χ1) is 12.2. The maximum absolute atomic E-state index is 6.08. The quantitative estimate of drug-likeness (QED) is 0.647. The fourth-order valence-corrected chi connectivity index (χ4v) is 3.76. The van der Waals surface area contributed by atoms with Crippen molar-refractivity contribution in [2.24, 2.45) is 0 Å². The Bertz CT molecular complexity index is 873. The van der Waals surface area contributed by atoms with E-state index >= 15 is 0 Å². The van der Waals surface area contributed by atoms with Gasteiger partial charge in [0.15, 0.2) is 5.11 Å². The Morgan fingerprint density at radius 1 is 0.960 bits per heavy atom. The third-order valence-corrected chi connectivity index (χ3v) is 5.10. The number of rotatable bonds is 2. The van der Waals surface area contributed by atoms with Crippen molar-refractivity contribution < 1.29 is 0 Å². The normalized spacial score (nSPS) is 16.4. The molecule has 4 rings (SSSR count). The number of nitrogens with one attached hydrogen (secondary N) is 1. The first-order valence-corrected chi connectivity index (χ1v) is 9.04. The summed E-state index contributed by atoms with van der Waals surface area (Å²) < 4.78 is 2.29. The Morgan fingerprint density at radius 2 is 1.72 bits per heavy atom. The first kappa shape index (κ1) is 16.2. The third-order valence-electron chi connectivity index (χ3n) is 4.51. The van der Waals surface area contributed by atoms with Gasteiger partial charge >= 0.3 is 0 Å². The zero-order valence-corrected chi connectivity index (χ0v) is 15.2. The van der Waals surface area contributed by atoms with Crippen LogP contribution in [0.3, 0.4) is 0 Å². The van der Waals surface area contributed by atoms with E-state index in [4.69, 9.17) is 23.8 Å². The van der Waals surface area contributed by atoms with Crippen molar-refractivity contribution >= 4 is 34.6 Å². The summed E-state index contributed by atoms with van der Waals surface area (Å²) in [5.74, 6) is 0. The highest BCUT2D eigenvalue weighted by Crippen LogP contribution is 2.33. The number of fused-ring (bicyclic) bond motifs is 1. The molecule has 2 heterocycles. The molecule has 1 atom stereocenters. The Balaban J connectivity index is 1.68. The second kappa shape index (κ2) is 6.90. The molecule has 2 aromatic carbocycles. The number of hydrogen-bond acceptors (Lipinski definition) is 1. The summed E-state index contributed by atoms with van der Waals surface area (Å²) in [6, 6.07) is 22.4. The van der Waals surface area contributed by atoms with E-state index < -0.39 is 0 Å². The number of hydrogen-bond donors (Lipinski definition) is 1. The minimum Gasteiger partial charge on any atom is -0.348 e. The van der Waals surface area contributed by atoms with Gasteiger partial charge in [-0.1, -0.05) is 41.9 Å². The van der Waals surface area contributed by atoms with Crippen LogP contribution in [0.25, 0.3) is 0 Å². The fraction of sp³-hybridized carbons (Fsp3) is 0.150. The maximum atomic E-state index is 6.08. The van der Waals surface area contributed by atoms with Crippen LogP contribution in [0, 0.1) is 0 Å². The van der Waals surface area contributed by atoms with E-state index in [1.165, 1.54) is 11.3 Å². The Hall–Kier alpha value is -2.30. The van der Waals surface area contributed by atoms with Gasteiger partial charge < -0.3 is 14.8 Å². The lowest BCUT2D eigenvalue weighted by Crippen LogP contribution is -2.44. The molecule has 126 valence electrons. The number of anilines is 1. The highest BCUT2D eigenvalue weighted by atomic mass is 35.5. The molecule has 3 nitrogen and oxygen atoms in total. The predicted molar refractivity (Wildman–Crippen MR) is 107 cm³/mol. The molecule has 0 fully saturated rings. The van der Waals surface area contributed by atoms with Gasteiger partial charge in [-0.15, -0.1) is 0 Å². The highest BCUT2D eigenvalue weighted by molar-refractivity contribution is 7.80. The van der Waals surface area contributed by atoms with Crippen LogP contribution in [0.1, 0.15) is 17.3 Å². The smallest absolute Gasteiger partial charge is 0.174 e. The summed E-state index contributed by atoms with van der Waals surface area (Å²) in [6.45, 7) is 1.77. The molecule has 1 N–H and O–H groups in total. The number of benzene rings is 2. The van der Waals surface area contributed by atoms with E-state index in [9.17, 15) is 0 Å². The second-order valence-electron chi connectivity index (χ2n) is 6.07. The molecule has 25 heavy (non-hydrogen) atoms. The molecular weight excluding hydrogens is 350 g/mol. The summed E-state index contributed by atoms with van der Waals surface area (Å²) in [7, 11) is 0. The van der Waals surface area contributed by atoms with Crippen LogP contribution in [0.15, 0.2) is 72.9 Å². The van der Waals surface area contributed by atoms with E-state index in [2.05, 4.69) is 45.2 Å². The van der Waals surface area contributed by atoms with E-state index in [0.717, 1.165) is 28.9 Å². The van der Waals surface area contributed by atoms with Gasteiger partial charge in [-0.3, -0.25) is 0 Å². The Kier molecular flexibility index (Phi) is 4.47. The summed E-state index contributed by atoms with van der Waals surface area (Å²) in [4.78, 5) is 2.25. The molecule has 0 radical (unpaired) electrons.